The molecule has 7 aliphatic heterocycles. The molecule has 2 N–H and O–H groups in total. The molecule has 7 bridgehead atoms. The van der Waals surface area contributed by atoms with E-state index in [2.05, 4.69) is 94.3 Å². The summed E-state index contributed by atoms with van der Waals surface area (Å²) in [7, 11) is 1.75. The van der Waals surface area contributed by atoms with Gasteiger partial charge in [0.2, 0.25) is 5.91 Å². The summed E-state index contributed by atoms with van der Waals surface area (Å²) in [5.74, 6) is -0.820. The number of hydrogen-bond acceptors (Lipinski definition) is 15. The molecule has 2 aliphatic carbocycles. The van der Waals surface area contributed by atoms with E-state index in [4.69, 9.17) is 33.7 Å². The van der Waals surface area contributed by atoms with E-state index >= 15 is 4.79 Å². The molecule has 1 spiro atoms. The van der Waals surface area contributed by atoms with Crippen LogP contribution in [0.2, 0.25) is 0 Å². The molecule has 410 valence electrons. The van der Waals surface area contributed by atoms with Gasteiger partial charge in [0, 0.05) is 104 Å². The molecule has 9 aliphatic rings. The Morgan fingerprint density at radius 1 is 1.00 bits per heavy atom. The second kappa shape index (κ2) is 20.6. The predicted octanol–water partition coefficient (Wildman–Crippen LogP) is 7.07. The van der Waals surface area contributed by atoms with Crippen molar-refractivity contribution in [2.24, 2.45) is 17.3 Å². The van der Waals surface area contributed by atoms with Crippen molar-refractivity contribution in [3.8, 4) is 22.5 Å². The number of rotatable bonds is 12. The number of thiazole rings is 1. The van der Waals surface area contributed by atoms with E-state index in [1.807, 2.05) is 13.1 Å². The number of hydrogen-bond donors (Lipinski definition) is 2. The summed E-state index contributed by atoms with van der Waals surface area (Å²) in [6, 6.07) is 8.20. The van der Waals surface area contributed by atoms with Crippen LogP contribution in [0.3, 0.4) is 0 Å². The van der Waals surface area contributed by atoms with Gasteiger partial charge in [-0.3, -0.25) is 29.4 Å². The lowest BCUT2D eigenvalue weighted by atomic mass is 9.66. The normalized spacial score (nSPS) is 30.4. The molecule has 2 amide bonds. The second-order valence-corrected chi connectivity index (χ2v) is 25.8. The summed E-state index contributed by atoms with van der Waals surface area (Å²) in [5, 5.41) is 8.73. The van der Waals surface area contributed by atoms with E-state index in [0.29, 0.717) is 52.2 Å². The Bertz CT molecular complexity index is 2830. The van der Waals surface area contributed by atoms with Gasteiger partial charge in [-0.2, -0.15) is 0 Å². The highest BCUT2D eigenvalue weighted by Gasteiger charge is 2.58. The molecule has 6 atom stereocenters. The van der Waals surface area contributed by atoms with Crippen molar-refractivity contribution in [3.05, 3.63) is 52.1 Å². The average molecular weight is 1060 g/mol. The number of esters is 1. The average Bonchev–Trinajstić information content (AvgIpc) is 3.77. The first-order chi connectivity index (χ1) is 36.6. The zero-order valence-electron chi connectivity index (χ0n) is 45.7. The molecule has 10 heterocycles. The van der Waals surface area contributed by atoms with Crippen LogP contribution in [-0.2, 0) is 51.0 Å². The second-order valence-electron chi connectivity index (χ2n) is 24.9. The molecular weight excluding hydrogens is 983 g/mol. The summed E-state index contributed by atoms with van der Waals surface area (Å²) in [5.41, 5.74) is 9.51. The van der Waals surface area contributed by atoms with E-state index in [1.54, 1.807) is 12.1 Å². The molecular formula is C58H79N9O8S. The molecule has 13 rings (SSSR count). The number of fused-ring (bicyclic) bond motifs is 4. The topological polar surface area (TPSA) is 165 Å². The maximum absolute atomic E-state index is 15.2. The third-order valence-corrected chi connectivity index (χ3v) is 18.8. The number of piperazine rings is 1. The highest BCUT2D eigenvalue weighted by atomic mass is 32.1. The highest BCUT2D eigenvalue weighted by Crippen LogP contribution is 2.47. The third-order valence-electron chi connectivity index (χ3n) is 17.9. The van der Waals surface area contributed by atoms with Crippen LogP contribution in [0.15, 0.2) is 35.8 Å². The van der Waals surface area contributed by atoms with Gasteiger partial charge in [-0.25, -0.2) is 15.2 Å². The quantitative estimate of drug-likeness (QED) is 0.139. The molecule has 3 aromatic heterocycles. The monoisotopic (exact) mass is 1060 g/mol. The number of pyridine rings is 1. The van der Waals surface area contributed by atoms with E-state index in [1.165, 1.54) is 24.2 Å². The van der Waals surface area contributed by atoms with Crippen LogP contribution >= 0.6 is 11.3 Å². The van der Waals surface area contributed by atoms with Crippen LogP contribution in [0.4, 0.5) is 5.69 Å². The van der Waals surface area contributed by atoms with Crippen molar-refractivity contribution in [2.75, 3.05) is 84.3 Å². The molecule has 18 heteroatoms. The van der Waals surface area contributed by atoms with E-state index < -0.39 is 29.1 Å². The Hall–Kier alpha value is -4.53. The number of anilines is 1. The number of carbonyl (C=O) groups is 3. The number of aromatic nitrogens is 3. The van der Waals surface area contributed by atoms with E-state index in [9.17, 15) is 9.59 Å². The zero-order valence-corrected chi connectivity index (χ0v) is 46.6. The highest BCUT2D eigenvalue weighted by molar-refractivity contribution is 7.10. The summed E-state index contributed by atoms with van der Waals surface area (Å²) in [6.45, 7) is 21.0. The summed E-state index contributed by atoms with van der Waals surface area (Å²) in [6.07, 6.45) is 9.07. The number of methoxy groups -OCH3 is 1. The standard InChI is InChI=1S/C58H79N9O8S/c1-35-32-73-51(35)52(68)61-48-50(65-15-8-9-16-65)53-60-45(33-76-53)38-10-13-46-42(24-38)44(29-56(3,4)34-74-55(70)58-26-37(27-58)31-67(62-58)54(48)69)49(66(46)21-23-72-41-14-22-75-57(5,6)28-41)43-25-40(30-59-47(43)36(2)71-7)64-19-17-63(18-20-64)39-11-12-39/h10,13,24-25,30,33,35-37,39,41,48,50-51,62H,8-9,11-12,14-23,26-29,31-32,34H2,1-7H3,(H,61,68)/t35-,36-,37?,41-,48-,50-,51-,58?/m0/s1. The van der Waals surface area contributed by atoms with E-state index in [-0.39, 0.29) is 54.0 Å². The Balaban J connectivity index is 1.01. The number of cyclic esters (lactones) is 1. The minimum Gasteiger partial charge on any atom is -0.464 e. The molecule has 8 fully saturated rings. The minimum atomic E-state index is -1.06. The maximum Gasteiger partial charge on any atom is 0.328 e. The van der Waals surface area contributed by atoms with Crippen LogP contribution in [-0.4, -0.2) is 162 Å². The van der Waals surface area contributed by atoms with Crippen molar-refractivity contribution in [1.82, 2.24) is 40.1 Å². The number of amides is 2. The molecule has 76 heavy (non-hydrogen) atoms. The lowest BCUT2D eigenvalue weighted by Gasteiger charge is -2.55. The molecule has 17 nitrogen and oxygen atoms in total. The van der Waals surface area contributed by atoms with Crippen molar-refractivity contribution >= 4 is 45.7 Å². The fraction of sp³-hybridized carbons (Fsp3) is 0.672. The number of nitrogens with one attached hydrogen (secondary N) is 2. The predicted molar refractivity (Wildman–Crippen MR) is 291 cm³/mol. The summed E-state index contributed by atoms with van der Waals surface area (Å²) < 4.78 is 33.8. The van der Waals surface area contributed by atoms with Gasteiger partial charge in [-0.05, 0) is 115 Å². The number of carbonyl (C=O) groups excluding carboxylic acids is 3. The maximum atomic E-state index is 15.2. The lowest BCUT2D eigenvalue weighted by molar-refractivity contribution is -0.181. The first-order valence-electron chi connectivity index (χ1n) is 28.4. The van der Waals surface area contributed by atoms with Crippen LogP contribution < -0.4 is 15.6 Å². The zero-order chi connectivity index (χ0) is 52.7. The number of benzene rings is 1. The number of hydrazine groups is 1. The van der Waals surface area contributed by atoms with Crippen molar-refractivity contribution < 1.29 is 38.1 Å². The Morgan fingerprint density at radius 2 is 1.79 bits per heavy atom. The molecule has 0 radical (unpaired) electrons. The van der Waals surface area contributed by atoms with Crippen LogP contribution in [0.1, 0.15) is 121 Å². The van der Waals surface area contributed by atoms with Crippen LogP contribution in [0.5, 0.6) is 0 Å². The molecule has 2 saturated carbocycles. The van der Waals surface area contributed by atoms with Gasteiger partial charge in [-0.1, -0.05) is 26.8 Å². The van der Waals surface area contributed by atoms with Gasteiger partial charge < -0.3 is 38.5 Å². The Kier molecular flexibility index (Phi) is 14.1. The minimum absolute atomic E-state index is 0.0270. The van der Waals surface area contributed by atoms with Crippen molar-refractivity contribution in [3.63, 3.8) is 0 Å². The van der Waals surface area contributed by atoms with Gasteiger partial charge in [0.25, 0.3) is 5.91 Å². The SMILES string of the molecule is CO[C@@H](C)c1ncc(N2CCN(C3CC3)CC2)cc1-c1c2c3cc(ccc3n1CCO[C@H]1CCOC(C)(C)C1)-c1csc(n1)[C@@H](N1CCCC1)[C@H](NC(=O)[C@H]1OC[C@@H]1C)C(=O)N1CC3CC(C3)(N1)C(=O)OCC(C)(C)C2. The number of likely N-dealkylation sites (tertiary alicyclic amines) is 1. The molecule has 4 aromatic rings. The first kappa shape index (κ1) is 52.2. The molecule has 0 unspecified atom stereocenters. The molecule has 1 aromatic carbocycles. The first-order valence-corrected chi connectivity index (χ1v) is 29.2. The fourth-order valence-electron chi connectivity index (χ4n) is 13.5. The summed E-state index contributed by atoms with van der Waals surface area (Å²) >= 11 is 1.53. The van der Waals surface area contributed by atoms with Gasteiger partial charge >= 0.3 is 5.97 Å². The number of nitrogens with zero attached hydrogens (tertiary/aromatic N) is 7. The Morgan fingerprint density at radius 3 is 2.50 bits per heavy atom. The van der Waals surface area contributed by atoms with Gasteiger partial charge in [0.1, 0.15) is 22.7 Å². The van der Waals surface area contributed by atoms with Crippen LogP contribution in [0.25, 0.3) is 33.4 Å². The lowest BCUT2D eigenvalue weighted by Crippen LogP contribution is -2.75. The Labute approximate surface area is 451 Å². The van der Waals surface area contributed by atoms with Crippen LogP contribution in [0, 0.1) is 17.3 Å². The smallest absolute Gasteiger partial charge is 0.328 e. The molecule has 6 saturated heterocycles. The largest absolute Gasteiger partial charge is 0.464 e. The van der Waals surface area contributed by atoms with E-state index in [0.717, 1.165) is 126 Å². The van der Waals surface area contributed by atoms with Crippen molar-refractivity contribution in [2.45, 2.75) is 153 Å². The van der Waals surface area contributed by atoms with Gasteiger partial charge in [0.05, 0.1) is 72.6 Å². The third kappa shape index (κ3) is 10.1. The number of ether oxygens (including phenoxy) is 5. The van der Waals surface area contributed by atoms with Gasteiger partial charge in [-0.15, -0.1) is 11.3 Å². The van der Waals surface area contributed by atoms with Crippen molar-refractivity contribution in [1.29, 1.82) is 0 Å². The summed E-state index contributed by atoms with van der Waals surface area (Å²) in [4.78, 5) is 62.2. The van der Waals surface area contributed by atoms with Gasteiger partial charge in [0.15, 0.2) is 0 Å². The fourth-order valence-corrected chi connectivity index (χ4v) is 14.5.